The Morgan fingerprint density at radius 3 is 2.52 bits per heavy atom. The zero-order valence-electron chi connectivity index (χ0n) is 13.9. The maximum Gasteiger partial charge on any atom is 0.305 e. The SMILES string of the molecule is Cc1cc(C)nc(NNC(=O)c2ccc(COc3ccccc3)o2)n1. The minimum absolute atomic E-state index is 0.170. The fourth-order valence-corrected chi connectivity index (χ4v) is 2.20. The van der Waals surface area contributed by atoms with Crippen molar-refractivity contribution in [2.75, 3.05) is 5.43 Å². The van der Waals surface area contributed by atoms with Crippen LogP contribution in [0.4, 0.5) is 5.95 Å². The molecule has 3 aromatic rings. The molecule has 128 valence electrons. The smallest absolute Gasteiger partial charge is 0.305 e. The number of hydrazine groups is 1. The molecule has 0 fully saturated rings. The first-order chi connectivity index (χ1) is 12.1. The number of aromatic nitrogens is 2. The molecule has 1 aromatic carbocycles. The normalized spacial score (nSPS) is 10.3. The molecule has 0 unspecified atom stereocenters. The fraction of sp³-hybridized carbons (Fsp3) is 0.167. The summed E-state index contributed by atoms with van der Waals surface area (Å²) in [6.07, 6.45) is 0. The Bertz CT molecular complexity index is 842. The first-order valence-electron chi connectivity index (χ1n) is 7.75. The molecule has 7 nitrogen and oxygen atoms in total. The number of hydrogen-bond donors (Lipinski definition) is 2. The van der Waals surface area contributed by atoms with Crippen molar-refractivity contribution in [1.29, 1.82) is 0 Å². The van der Waals surface area contributed by atoms with Crippen molar-refractivity contribution in [3.8, 4) is 5.75 Å². The predicted octanol–water partition coefficient (Wildman–Crippen LogP) is 3.02. The highest BCUT2D eigenvalue weighted by atomic mass is 16.5. The molecule has 0 saturated heterocycles. The van der Waals surface area contributed by atoms with Crippen LogP contribution in [0.2, 0.25) is 0 Å². The third-order valence-corrected chi connectivity index (χ3v) is 3.28. The molecule has 0 saturated carbocycles. The average molecular weight is 338 g/mol. The van der Waals surface area contributed by atoms with Crippen molar-refractivity contribution in [3.05, 3.63) is 71.4 Å². The van der Waals surface area contributed by atoms with Crippen LogP contribution in [0.25, 0.3) is 0 Å². The molecular weight excluding hydrogens is 320 g/mol. The molecule has 0 atom stereocenters. The minimum atomic E-state index is -0.422. The second kappa shape index (κ2) is 7.48. The van der Waals surface area contributed by atoms with Gasteiger partial charge in [0, 0.05) is 11.4 Å². The Morgan fingerprint density at radius 1 is 1.08 bits per heavy atom. The van der Waals surface area contributed by atoms with Gasteiger partial charge in [0.15, 0.2) is 5.76 Å². The van der Waals surface area contributed by atoms with E-state index in [0.717, 1.165) is 17.1 Å². The second-order valence-corrected chi connectivity index (χ2v) is 5.42. The zero-order chi connectivity index (χ0) is 17.6. The summed E-state index contributed by atoms with van der Waals surface area (Å²) in [6.45, 7) is 3.95. The summed E-state index contributed by atoms with van der Waals surface area (Å²) in [4.78, 5) is 20.5. The highest BCUT2D eigenvalue weighted by Crippen LogP contribution is 2.14. The number of nitrogens with zero attached hydrogens (tertiary/aromatic N) is 2. The fourth-order valence-electron chi connectivity index (χ4n) is 2.20. The number of aryl methyl sites for hydroxylation is 2. The molecule has 2 aromatic heterocycles. The topological polar surface area (TPSA) is 89.3 Å². The number of hydrogen-bond acceptors (Lipinski definition) is 6. The summed E-state index contributed by atoms with van der Waals surface area (Å²) in [5, 5.41) is 0. The lowest BCUT2D eigenvalue weighted by atomic mass is 10.3. The van der Waals surface area contributed by atoms with Gasteiger partial charge in [0.05, 0.1) is 0 Å². The van der Waals surface area contributed by atoms with E-state index in [2.05, 4.69) is 20.8 Å². The summed E-state index contributed by atoms with van der Waals surface area (Å²) in [7, 11) is 0. The molecule has 7 heteroatoms. The van der Waals surface area contributed by atoms with Gasteiger partial charge in [-0.25, -0.2) is 9.97 Å². The summed E-state index contributed by atoms with van der Waals surface area (Å²) in [5.41, 5.74) is 6.80. The summed E-state index contributed by atoms with van der Waals surface area (Å²) < 4.78 is 11.1. The standard InChI is InChI=1S/C18H18N4O3/c1-12-10-13(2)20-18(19-12)22-21-17(23)16-9-8-15(25-16)11-24-14-6-4-3-5-7-14/h3-10H,11H2,1-2H3,(H,21,23)(H,19,20,22). The van der Waals surface area contributed by atoms with Gasteiger partial charge in [-0.15, -0.1) is 0 Å². The van der Waals surface area contributed by atoms with Gasteiger partial charge in [-0.1, -0.05) is 18.2 Å². The highest BCUT2D eigenvalue weighted by Gasteiger charge is 2.12. The van der Waals surface area contributed by atoms with Crippen molar-refractivity contribution in [2.24, 2.45) is 0 Å². The molecule has 1 amide bonds. The van der Waals surface area contributed by atoms with Gasteiger partial charge in [0.2, 0.25) is 5.95 Å². The van der Waals surface area contributed by atoms with Crippen molar-refractivity contribution in [3.63, 3.8) is 0 Å². The van der Waals surface area contributed by atoms with E-state index in [4.69, 9.17) is 9.15 Å². The summed E-state index contributed by atoms with van der Waals surface area (Å²) >= 11 is 0. The Kier molecular flexibility index (Phi) is 4.94. The quantitative estimate of drug-likeness (QED) is 0.672. The number of amides is 1. The lowest BCUT2D eigenvalue weighted by Crippen LogP contribution is -2.30. The molecule has 0 spiro atoms. The lowest BCUT2D eigenvalue weighted by molar-refractivity contribution is 0.0930. The summed E-state index contributed by atoms with van der Waals surface area (Å²) in [5.74, 6) is 1.36. The van der Waals surface area contributed by atoms with Crippen molar-refractivity contribution in [2.45, 2.75) is 20.5 Å². The Balaban J connectivity index is 1.55. The molecule has 2 N–H and O–H groups in total. The molecular formula is C18H18N4O3. The molecule has 3 rings (SSSR count). The largest absolute Gasteiger partial charge is 0.486 e. The van der Waals surface area contributed by atoms with Crippen molar-refractivity contribution in [1.82, 2.24) is 15.4 Å². The first-order valence-corrected chi connectivity index (χ1v) is 7.75. The zero-order valence-corrected chi connectivity index (χ0v) is 13.9. The van der Waals surface area contributed by atoms with Crippen LogP contribution >= 0.6 is 0 Å². The number of carbonyl (C=O) groups is 1. The third-order valence-electron chi connectivity index (χ3n) is 3.28. The maximum atomic E-state index is 12.1. The molecule has 0 aliphatic carbocycles. The average Bonchev–Trinajstić information content (AvgIpc) is 3.07. The molecule has 0 aliphatic rings. The van der Waals surface area contributed by atoms with Gasteiger partial charge >= 0.3 is 5.91 Å². The van der Waals surface area contributed by atoms with E-state index in [0.29, 0.717) is 11.7 Å². The monoisotopic (exact) mass is 338 g/mol. The van der Waals surface area contributed by atoms with Crippen LogP contribution < -0.4 is 15.6 Å². The minimum Gasteiger partial charge on any atom is -0.486 e. The molecule has 0 bridgehead atoms. The van der Waals surface area contributed by atoms with Gasteiger partial charge in [-0.3, -0.25) is 15.6 Å². The van der Waals surface area contributed by atoms with E-state index >= 15 is 0 Å². The highest BCUT2D eigenvalue weighted by molar-refractivity contribution is 5.92. The summed E-state index contributed by atoms with van der Waals surface area (Å²) in [6, 6.07) is 14.5. The van der Waals surface area contributed by atoms with E-state index in [-0.39, 0.29) is 12.4 Å². The van der Waals surface area contributed by atoms with Crippen molar-refractivity contribution < 1.29 is 13.9 Å². The molecule has 2 heterocycles. The van der Waals surface area contributed by atoms with Crippen LogP contribution in [0.5, 0.6) is 5.75 Å². The number of anilines is 1. The van der Waals surface area contributed by atoms with Crippen LogP contribution in [0.15, 0.2) is 52.9 Å². The van der Waals surface area contributed by atoms with E-state index < -0.39 is 5.91 Å². The number of para-hydroxylation sites is 1. The number of carbonyl (C=O) groups excluding carboxylic acids is 1. The predicted molar refractivity (Wildman–Crippen MR) is 92.1 cm³/mol. The Labute approximate surface area is 145 Å². The van der Waals surface area contributed by atoms with Gasteiger partial charge in [-0.2, -0.15) is 0 Å². The number of ether oxygens (including phenoxy) is 1. The van der Waals surface area contributed by atoms with Gasteiger partial charge in [0.25, 0.3) is 0 Å². The molecule has 25 heavy (non-hydrogen) atoms. The number of furan rings is 1. The lowest BCUT2D eigenvalue weighted by Gasteiger charge is -2.07. The van der Waals surface area contributed by atoms with Gasteiger partial charge in [0.1, 0.15) is 18.1 Å². The number of benzene rings is 1. The number of rotatable bonds is 6. The van der Waals surface area contributed by atoms with Crippen LogP contribution in [0, 0.1) is 13.8 Å². The van der Waals surface area contributed by atoms with Crippen LogP contribution in [-0.4, -0.2) is 15.9 Å². The Morgan fingerprint density at radius 2 is 1.80 bits per heavy atom. The first kappa shape index (κ1) is 16.5. The van der Waals surface area contributed by atoms with Crippen LogP contribution in [-0.2, 0) is 6.61 Å². The third kappa shape index (κ3) is 4.57. The van der Waals surface area contributed by atoms with Crippen molar-refractivity contribution >= 4 is 11.9 Å². The number of nitrogens with one attached hydrogen (secondary N) is 2. The van der Waals surface area contributed by atoms with Gasteiger partial charge < -0.3 is 9.15 Å². The second-order valence-electron chi connectivity index (χ2n) is 5.42. The Hall–Kier alpha value is -3.35. The molecule has 0 radical (unpaired) electrons. The van der Waals surface area contributed by atoms with E-state index in [1.165, 1.54) is 0 Å². The van der Waals surface area contributed by atoms with Crippen LogP contribution in [0.1, 0.15) is 27.7 Å². The maximum absolute atomic E-state index is 12.1. The van der Waals surface area contributed by atoms with Crippen LogP contribution in [0.3, 0.4) is 0 Å². The van der Waals surface area contributed by atoms with Gasteiger partial charge in [-0.05, 0) is 44.2 Å². The molecule has 0 aliphatic heterocycles. The van der Waals surface area contributed by atoms with E-state index in [1.54, 1.807) is 12.1 Å². The van der Waals surface area contributed by atoms with E-state index in [1.807, 2.05) is 50.2 Å². The van der Waals surface area contributed by atoms with E-state index in [9.17, 15) is 4.79 Å².